The lowest BCUT2D eigenvalue weighted by atomic mass is 10.2. The number of hydrogen-bond acceptors (Lipinski definition) is 1. The minimum Gasteiger partial charge on any atom is -0.283 e. The van der Waals surface area contributed by atoms with Gasteiger partial charge < -0.3 is 0 Å². The van der Waals surface area contributed by atoms with Crippen LogP contribution in [0.2, 0.25) is 0 Å². The Morgan fingerprint density at radius 1 is 1.31 bits per heavy atom. The number of rotatable bonds is 1. The predicted octanol–water partition coefficient (Wildman–Crippen LogP) is 2.82. The maximum atomic E-state index is 13.5. The molecule has 0 aromatic heterocycles. The molecule has 0 aliphatic carbocycles. The fourth-order valence-corrected chi connectivity index (χ4v) is 1.97. The fraction of sp³-hybridized carbons (Fsp3) is 0.182. The fourth-order valence-electron chi connectivity index (χ4n) is 1.60. The van der Waals surface area contributed by atoms with Crippen molar-refractivity contribution in [2.24, 2.45) is 0 Å². The highest BCUT2D eigenvalue weighted by Gasteiger charge is 2.33. The van der Waals surface area contributed by atoms with Gasteiger partial charge in [0.2, 0.25) is 0 Å². The van der Waals surface area contributed by atoms with Crippen LogP contribution in [-0.2, 0) is 4.79 Å². The van der Waals surface area contributed by atoms with Crippen LogP contribution < -0.4 is 4.90 Å². The molecule has 1 aliphatic heterocycles. The first-order chi connectivity index (χ1) is 7.52. The van der Waals surface area contributed by atoms with E-state index in [9.17, 15) is 13.6 Å². The summed E-state index contributed by atoms with van der Waals surface area (Å²) in [7, 11) is 0. The molecule has 1 aromatic rings. The van der Waals surface area contributed by atoms with Crippen molar-refractivity contribution in [3.05, 3.63) is 41.5 Å². The standard InChI is InChI=1S/C11H8ClF2NO/c1-6-5-9(12)15(11(6)16)10-7(13)3-2-4-8(10)14/h2-5,9H,1H3. The van der Waals surface area contributed by atoms with Crippen LogP contribution in [-0.4, -0.2) is 11.4 Å². The highest BCUT2D eigenvalue weighted by atomic mass is 35.5. The number of carbonyl (C=O) groups excluding carboxylic acids is 1. The van der Waals surface area contributed by atoms with Crippen molar-refractivity contribution >= 4 is 23.2 Å². The number of nitrogens with zero attached hydrogens (tertiary/aromatic N) is 1. The van der Waals surface area contributed by atoms with Crippen molar-refractivity contribution in [1.29, 1.82) is 0 Å². The summed E-state index contributed by atoms with van der Waals surface area (Å²) in [5, 5.41) is 0. The molecule has 0 saturated carbocycles. The van der Waals surface area contributed by atoms with E-state index in [0.29, 0.717) is 5.57 Å². The van der Waals surface area contributed by atoms with Gasteiger partial charge in [-0.1, -0.05) is 17.7 Å². The number of anilines is 1. The maximum absolute atomic E-state index is 13.5. The molecule has 1 aromatic carbocycles. The van der Waals surface area contributed by atoms with Gasteiger partial charge in [-0.3, -0.25) is 9.69 Å². The van der Waals surface area contributed by atoms with Gasteiger partial charge in [-0.2, -0.15) is 0 Å². The van der Waals surface area contributed by atoms with E-state index in [1.54, 1.807) is 6.92 Å². The molecule has 0 saturated heterocycles. The second-order valence-corrected chi connectivity index (χ2v) is 3.91. The van der Waals surface area contributed by atoms with E-state index < -0.39 is 28.7 Å². The van der Waals surface area contributed by atoms with Gasteiger partial charge in [0.15, 0.2) is 0 Å². The van der Waals surface area contributed by atoms with E-state index in [4.69, 9.17) is 11.6 Å². The van der Waals surface area contributed by atoms with Gasteiger partial charge in [-0.05, 0) is 25.1 Å². The molecule has 1 unspecified atom stereocenters. The molecular formula is C11H8ClF2NO. The molecule has 2 rings (SSSR count). The first-order valence-electron chi connectivity index (χ1n) is 4.62. The Kier molecular flexibility index (Phi) is 2.68. The number of carbonyl (C=O) groups is 1. The molecule has 2 nitrogen and oxygen atoms in total. The van der Waals surface area contributed by atoms with Crippen molar-refractivity contribution < 1.29 is 13.6 Å². The normalized spacial score (nSPS) is 20.2. The lowest BCUT2D eigenvalue weighted by molar-refractivity contribution is -0.114. The third kappa shape index (κ3) is 1.59. The number of amides is 1. The van der Waals surface area contributed by atoms with Crippen molar-refractivity contribution in [2.45, 2.75) is 12.4 Å². The Morgan fingerprint density at radius 2 is 1.88 bits per heavy atom. The monoisotopic (exact) mass is 243 g/mol. The molecular weight excluding hydrogens is 236 g/mol. The summed E-state index contributed by atoms with van der Waals surface area (Å²) in [6.07, 6.45) is 1.45. The summed E-state index contributed by atoms with van der Waals surface area (Å²) in [5.74, 6) is -2.09. The molecule has 1 heterocycles. The molecule has 0 fully saturated rings. The first kappa shape index (κ1) is 11.1. The Hall–Kier alpha value is -1.42. The summed E-state index contributed by atoms with van der Waals surface area (Å²) in [4.78, 5) is 12.6. The second-order valence-electron chi connectivity index (χ2n) is 3.47. The molecule has 16 heavy (non-hydrogen) atoms. The van der Waals surface area contributed by atoms with E-state index in [1.165, 1.54) is 12.1 Å². The summed E-state index contributed by atoms with van der Waals surface area (Å²) in [6, 6.07) is 3.41. The van der Waals surface area contributed by atoms with Crippen LogP contribution in [0.25, 0.3) is 0 Å². The zero-order valence-electron chi connectivity index (χ0n) is 8.38. The molecule has 84 valence electrons. The third-order valence-corrected chi connectivity index (χ3v) is 2.69. The number of alkyl halides is 1. The SMILES string of the molecule is CC1=CC(Cl)N(c2c(F)cccc2F)C1=O. The van der Waals surface area contributed by atoms with E-state index in [2.05, 4.69) is 0 Å². The van der Waals surface area contributed by atoms with Gasteiger partial charge in [0.1, 0.15) is 22.8 Å². The Balaban J connectivity index is 2.51. The largest absolute Gasteiger partial charge is 0.283 e. The van der Waals surface area contributed by atoms with Crippen molar-refractivity contribution in [3.63, 3.8) is 0 Å². The lowest BCUT2D eigenvalue weighted by Gasteiger charge is -2.21. The molecule has 0 N–H and O–H groups in total. The molecule has 1 aliphatic rings. The van der Waals surface area contributed by atoms with E-state index in [-0.39, 0.29) is 0 Å². The highest BCUT2D eigenvalue weighted by molar-refractivity contribution is 6.29. The summed E-state index contributed by atoms with van der Waals surface area (Å²) >= 11 is 5.84. The molecule has 0 bridgehead atoms. The molecule has 0 radical (unpaired) electrons. The molecule has 5 heteroatoms. The Morgan fingerprint density at radius 3 is 2.31 bits per heavy atom. The van der Waals surface area contributed by atoms with Gasteiger partial charge >= 0.3 is 0 Å². The van der Waals surface area contributed by atoms with Crippen LogP contribution in [0.5, 0.6) is 0 Å². The van der Waals surface area contributed by atoms with Crippen molar-refractivity contribution in [2.75, 3.05) is 4.90 Å². The number of para-hydroxylation sites is 1. The van der Waals surface area contributed by atoms with Gasteiger partial charge in [0.25, 0.3) is 5.91 Å². The summed E-state index contributed by atoms with van der Waals surface area (Å²) in [5.41, 5.74) is -0.873. The third-order valence-electron chi connectivity index (χ3n) is 2.37. The second kappa shape index (κ2) is 3.87. The topological polar surface area (TPSA) is 20.3 Å². The van der Waals surface area contributed by atoms with E-state index in [1.807, 2.05) is 0 Å². The minimum absolute atomic E-state index is 0.377. The van der Waals surface area contributed by atoms with Gasteiger partial charge in [0, 0.05) is 5.57 Å². The Labute approximate surface area is 96.1 Å². The number of benzene rings is 1. The number of hydrogen-bond donors (Lipinski definition) is 0. The average molecular weight is 244 g/mol. The van der Waals surface area contributed by atoms with Crippen LogP contribution in [0.15, 0.2) is 29.8 Å². The van der Waals surface area contributed by atoms with Crippen LogP contribution in [0.1, 0.15) is 6.92 Å². The van der Waals surface area contributed by atoms with E-state index in [0.717, 1.165) is 17.0 Å². The summed E-state index contributed by atoms with van der Waals surface area (Å²) < 4.78 is 26.9. The smallest absolute Gasteiger partial charge is 0.255 e. The molecule has 1 amide bonds. The zero-order chi connectivity index (χ0) is 11.9. The quantitative estimate of drug-likeness (QED) is 0.549. The highest BCUT2D eigenvalue weighted by Crippen LogP contribution is 2.31. The van der Waals surface area contributed by atoms with Crippen molar-refractivity contribution in [3.8, 4) is 0 Å². The van der Waals surface area contributed by atoms with Crippen LogP contribution in [0.4, 0.5) is 14.5 Å². The lowest BCUT2D eigenvalue weighted by Crippen LogP contribution is -2.32. The van der Waals surface area contributed by atoms with Crippen LogP contribution in [0.3, 0.4) is 0 Å². The van der Waals surface area contributed by atoms with Crippen LogP contribution >= 0.6 is 11.6 Å². The van der Waals surface area contributed by atoms with E-state index >= 15 is 0 Å². The van der Waals surface area contributed by atoms with Gasteiger partial charge in [-0.15, -0.1) is 0 Å². The molecule has 1 atom stereocenters. The maximum Gasteiger partial charge on any atom is 0.255 e. The van der Waals surface area contributed by atoms with Crippen LogP contribution in [0, 0.1) is 11.6 Å². The van der Waals surface area contributed by atoms with Gasteiger partial charge in [-0.25, -0.2) is 8.78 Å². The van der Waals surface area contributed by atoms with Crippen molar-refractivity contribution in [1.82, 2.24) is 0 Å². The zero-order valence-corrected chi connectivity index (χ0v) is 9.13. The number of halogens is 3. The first-order valence-corrected chi connectivity index (χ1v) is 5.06. The minimum atomic E-state index is -0.848. The predicted molar refractivity (Wildman–Crippen MR) is 57.2 cm³/mol. The molecule has 0 spiro atoms. The average Bonchev–Trinajstić information content (AvgIpc) is 2.44. The Bertz CT molecular complexity index is 467. The van der Waals surface area contributed by atoms with Gasteiger partial charge in [0.05, 0.1) is 0 Å². The summed E-state index contributed by atoms with van der Waals surface area (Å²) in [6.45, 7) is 1.55.